The molecule has 0 bridgehead atoms. The highest BCUT2D eigenvalue weighted by Crippen LogP contribution is 2.25. The smallest absolute Gasteiger partial charge is 0.112 e. The molecule has 96 valence electrons. The maximum atomic E-state index is 5.96. The summed E-state index contributed by atoms with van der Waals surface area (Å²) in [5.41, 5.74) is 8.49. The number of hydrogen-bond donors (Lipinski definition) is 2. The number of halogens is 1. The van der Waals surface area contributed by atoms with E-state index in [1.807, 2.05) is 12.1 Å². The highest BCUT2D eigenvalue weighted by atomic mass is 79.9. The summed E-state index contributed by atoms with van der Waals surface area (Å²) in [4.78, 5) is 7.89. The van der Waals surface area contributed by atoms with Crippen molar-refractivity contribution >= 4 is 32.7 Å². The topological polar surface area (TPSA) is 63.9 Å². The first-order valence-electron chi connectivity index (χ1n) is 6.27. The lowest BCUT2D eigenvalue weighted by Gasteiger charge is -2.21. The lowest BCUT2D eigenvalue weighted by atomic mass is 10.1. The van der Waals surface area contributed by atoms with Crippen LogP contribution in [0, 0.1) is 0 Å². The van der Waals surface area contributed by atoms with Gasteiger partial charge >= 0.3 is 0 Å². The number of nitrogens with two attached hydrogens (primary N) is 1. The molecule has 4 nitrogen and oxygen atoms in total. The van der Waals surface area contributed by atoms with Crippen molar-refractivity contribution in [3.63, 3.8) is 0 Å². The third kappa shape index (κ3) is 2.37. The van der Waals surface area contributed by atoms with E-state index in [-0.39, 0.29) is 0 Å². The molecule has 2 heterocycles. The summed E-state index contributed by atoms with van der Waals surface area (Å²) >= 11 is 3.44. The van der Waals surface area contributed by atoms with Gasteiger partial charge in [-0.3, -0.25) is 0 Å². The summed E-state index contributed by atoms with van der Waals surface area (Å²) in [6.45, 7) is 0.874. The third-order valence-corrected chi connectivity index (χ3v) is 3.78. The van der Waals surface area contributed by atoms with E-state index in [0.29, 0.717) is 11.8 Å². The molecule has 1 aliphatic heterocycles. The number of H-pyrrole nitrogens is 1. The largest absolute Gasteiger partial charge is 0.397 e. The molecule has 18 heavy (non-hydrogen) atoms. The average molecular weight is 310 g/mol. The highest BCUT2D eigenvalue weighted by Gasteiger charge is 2.16. The van der Waals surface area contributed by atoms with Gasteiger partial charge in [0.2, 0.25) is 0 Å². The van der Waals surface area contributed by atoms with E-state index in [2.05, 4.69) is 25.9 Å². The zero-order valence-corrected chi connectivity index (χ0v) is 11.7. The van der Waals surface area contributed by atoms with Crippen molar-refractivity contribution in [2.24, 2.45) is 0 Å². The summed E-state index contributed by atoms with van der Waals surface area (Å²) in [7, 11) is 0. The predicted octanol–water partition coefficient (Wildman–Crippen LogP) is 3.02. The van der Waals surface area contributed by atoms with E-state index in [1.54, 1.807) is 0 Å². The molecule has 0 spiro atoms. The van der Waals surface area contributed by atoms with Gasteiger partial charge in [-0.1, -0.05) is 15.9 Å². The van der Waals surface area contributed by atoms with Crippen LogP contribution in [0.2, 0.25) is 0 Å². The SMILES string of the molecule is Nc1cc(Br)cc2[nH]c(CC3CCCCO3)nc12. The lowest BCUT2D eigenvalue weighted by Crippen LogP contribution is -2.21. The number of nitrogen functional groups attached to an aromatic ring is 1. The molecule has 3 rings (SSSR count). The van der Waals surface area contributed by atoms with Crippen LogP contribution in [-0.4, -0.2) is 22.7 Å². The van der Waals surface area contributed by atoms with E-state index >= 15 is 0 Å². The van der Waals surface area contributed by atoms with Gasteiger partial charge in [-0.05, 0) is 31.4 Å². The van der Waals surface area contributed by atoms with Crippen molar-refractivity contribution in [2.75, 3.05) is 12.3 Å². The number of nitrogens with one attached hydrogen (secondary N) is 1. The second-order valence-corrected chi connectivity index (χ2v) is 5.68. The van der Waals surface area contributed by atoms with Crippen LogP contribution in [0.15, 0.2) is 16.6 Å². The number of fused-ring (bicyclic) bond motifs is 1. The predicted molar refractivity (Wildman–Crippen MR) is 75.5 cm³/mol. The molecule has 1 unspecified atom stereocenters. The Morgan fingerprint density at radius 1 is 1.44 bits per heavy atom. The summed E-state index contributed by atoms with van der Waals surface area (Å²) in [5, 5.41) is 0. The Bertz CT molecular complexity index is 561. The maximum Gasteiger partial charge on any atom is 0.112 e. The van der Waals surface area contributed by atoms with Gasteiger partial charge in [0.15, 0.2) is 0 Å². The number of nitrogens with zero attached hydrogens (tertiary/aromatic N) is 1. The molecule has 0 saturated carbocycles. The molecule has 2 aromatic rings. The van der Waals surface area contributed by atoms with Crippen molar-refractivity contribution in [2.45, 2.75) is 31.8 Å². The van der Waals surface area contributed by atoms with Crippen LogP contribution in [0.4, 0.5) is 5.69 Å². The number of benzene rings is 1. The first-order valence-corrected chi connectivity index (χ1v) is 7.07. The Kier molecular flexibility index (Phi) is 3.26. The maximum absolute atomic E-state index is 5.96. The van der Waals surface area contributed by atoms with Crippen LogP contribution in [0.3, 0.4) is 0 Å². The van der Waals surface area contributed by atoms with Crippen LogP contribution in [0.25, 0.3) is 11.0 Å². The van der Waals surface area contributed by atoms with Gasteiger partial charge in [-0.15, -0.1) is 0 Å². The minimum atomic E-state index is 0.295. The first kappa shape index (κ1) is 12.0. The molecule has 1 aromatic heterocycles. The zero-order chi connectivity index (χ0) is 12.5. The Labute approximate surface area is 114 Å². The number of ether oxygens (including phenoxy) is 1. The Balaban J connectivity index is 1.86. The fourth-order valence-corrected chi connectivity index (χ4v) is 2.92. The molecule has 1 aromatic carbocycles. The number of anilines is 1. The first-order chi connectivity index (χ1) is 8.72. The Morgan fingerprint density at radius 2 is 2.33 bits per heavy atom. The highest BCUT2D eigenvalue weighted by molar-refractivity contribution is 9.10. The van der Waals surface area contributed by atoms with Gasteiger partial charge in [0.1, 0.15) is 11.3 Å². The third-order valence-electron chi connectivity index (χ3n) is 3.32. The van der Waals surface area contributed by atoms with Crippen LogP contribution >= 0.6 is 15.9 Å². The van der Waals surface area contributed by atoms with Crippen molar-refractivity contribution in [3.8, 4) is 0 Å². The van der Waals surface area contributed by atoms with Crippen LogP contribution in [0.1, 0.15) is 25.1 Å². The fraction of sp³-hybridized carbons (Fsp3) is 0.462. The Morgan fingerprint density at radius 3 is 3.11 bits per heavy atom. The number of aromatic amines is 1. The fourth-order valence-electron chi connectivity index (χ4n) is 2.44. The van der Waals surface area contributed by atoms with E-state index < -0.39 is 0 Å². The van der Waals surface area contributed by atoms with Crippen molar-refractivity contribution < 1.29 is 4.74 Å². The van der Waals surface area contributed by atoms with E-state index in [9.17, 15) is 0 Å². The summed E-state index contributed by atoms with van der Waals surface area (Å²) in [6, 6.07) is 3.88. The van der Waals surface area contributed by atoms with E-state index in [0.717, 1.165) is 40.8 Å². The van der Waals surface area contributed by atoms with Crippen molar-refractivity contribution in [3.05, 3.63) is 22.4 Å². The van der Waals surface area contributed by atoms with Crippen molar-refractivity contribution in [1.82, 2.24) is 9.97 Å². The Hall–Kier alpha value is -1.07. The summed E-state index contributed by atoms with van der Waals surface area (Å²) < 4.78 is 6.70. The number of aromatic nitrogens is 2. The minimum Gasteiger partial charge on any atom is -0.397 e. The zero-order valence-electron chi connectivity index (χ0n) is 10.1. The molecule has 3 N–H and O–H groups in total. The molecular weight excluding hydrogens is 294 g/mol. The van der Waals surface area contributed by atoms with Gasteiger partial charge < -0.3 is 15.5 Å². The van der Waals surface area contributed by atoms with Gasteiger partial charge in [0.05, 0.1) is 17.3 Å². The molecule has 1 fully saturated rings. The van der Waals surface area contributed by atoms with Gasteiger partial charge in [-0.2, -0.15) is 0 Å². The molecular formula is C13H16BrN3O. The van der Waals surface area contributed by atoms with Gasteiger partial charge in [0.25, 0.3) is 0 Å². The number of imidazole rings is 1. The van der Waals surface area contributed by atoms with Crippen LogP contribution in [0.5, 0.6) is 0 Å². The molecule has 0 amide bonds. The lowest BCUT2D eigenvalue weighted by molar-refractivity contribution is 0.0158. The number of hydrogen-bond acceptors (Lipinski definition) is 3. The quantitative estimate of drug-likeness (QED) is 0.838. The molecule has 0 radical (unpaired) electrons. The molecule has 1 saturated heterocycles. The number of rotatable bonds is 2. The molecule has 1 aliphatic rings. The second-order valence-electron chi connectivity index (χ2n) is 4.77. The van der Waals surface area contributed by atoms with Crippen molar-refractivity contribution in [1.29, 1.82) is 0 Å². The average Bonchev–Trinajstić information content (AvgIpc) is 2.73. The van der Waals surface area contributed by atoms with E-state index in [4.69, 9.17) is 10.5 Å². The van der Waals surface area contributed by atoms with Gasteiger partial charge in [-0.25, -0.2) is 4.98 Å². The van der Waals surface area contributed by atoms with E-state index in [1.165, 1.54) is 12.8 Å². The summed E-state index contributed by atoms with van der Waals surface area (Å²) in [5.74, 6) is 0.960. The molecule has 5 heteroatoms. The summed E-state index contributed by atoms with van der Waals surface area (Å²) in [6.07, 6.45) is 4.68. The normalized spacial score (nSPS) is 20.4. The monoisotopic (exact) mass is 309 g/mol. The van der Waals surface area contributed by atoms with Crippen LogP contribution < -0.4 is 5.73 Å². The molecule has 0 aliphatic carbocycles. The van der Waals surface area contributed by atoms with Gasteiger partial charge in [0, 0.05) is 17.5 Å². The minimum absolute atomic E-state index is 0.295. The molecule has 1 atom stereocenters. The second kappa shape index (κ2) is 4.90. The van der Waals surface area contributed by atoms with Crippen LogP contribution in [-0.2, 0) is 11.2 Å². The standard InChI is InChI=1S/C13H16BrN3O/c14-8-5-10(15)13-11(6-8)16-12(17-13)7-9-3-1-2-4-18-9/h5-6,9H,1-4,7,15H2,(H,16,17).